The van der Waals surface area contributed by atoms with Crippen LogP contribution in [0.1, 0.15) is 40.2 Å². The number of benzene rings is 2. The van der Waals surface area contributed by atoms with Gasteiger partial charge in [-0.2, -0.15) is 0 Å². The number of hydrogen-bond acceptors (Lipinski definition) is 3. The minimum Gasteiger partial charge on any atom is -0.497 e. The molecule has 2 atom stereocenters. The van der Waals surface area contributed by atoms with E-state index in [0.29, 0.717) is 6.42 Å². The molecule has 22 heavy (non-hydrogen) atoms. The fourth-order valence-electron chi connectivity index (χ4n) is 3.11. The number of aromatic carboxylic acids is 1. The molecule has 2 aromatic rings. The molecule has 3 rings (SSSR count). The maximum absolute atomic E-state index is 11.0. The first kappa shape index (κ1) is 14.6. The van der Waals surface area contributed by atoms with Crippen molar-refractivity contribution in [1.82, 2.24) is 0 Å². The highest BCUT2D eigenvalue weighted by molar-refractivity contribution is 5.87. The zero-order chi connectivity index (χ0) is 15.7. The molecule has 4 heteroatoms. The van der Waals surface area contributed by atoms with Crippen LogP contribution in [0, 0.1) is 0 Å². The first-order valence-electron chi connectivity index (χ1n) is 7.25. The highest BCUT2D eigenvalue weighted by atomic mass is 16.5. The summed E-state index contributed by atoms with van der Waals surface area (Å²) in [5.74, 6) is -0.192. The lowest BCUT2D eigenvalue weighted by Gasteiger charge is -2.46. The third kappa shape index (κ3) is 2.35. The minimum absolute atomic E-state index is 0.00159. The molecule has 2 aromatic carbocycles. The first-order chi connectivity index (χ1) is 10.5. The summed E-state index contributed by atoms with van der Waals surface area (Å²) in [4.78, 5) is 10.9. The van der Waals surface area contributed by atoms with Crippen molar-refractivity contribution in [2.75, 3.05) is 7.11 Å². The largest absolute Gasteiger partial charge is 0.497 e. The van der Waals surface area contributed by atoms with Crippen LogP contribution in [-0.2, 0) is 5.60 Å². The molecular weight excluding hydrogens is 280 g/mol. The Kier molecular flexibility index (Phi) is 3.62. The molecule has 2 N–H and O–H groups in total. The van der Waals surface area contributed by atoms with E-state index in [4.69, 9.17) is 9.84 Å². The molecule has 0 amide bonds. The Bertz CT molecular complexity index is 692. The second-order valence-corrected chi connectivity index (χ2v) is 5.67. The minimum atomic E-state index is -0.962. The van der Waals surface area contributed by atoms with Gasteiger partial charge in [0.1, 0.15) is 5.75 Å². The molecule has 0 aliphatic heterocycles. The van der Waals surface area contributed by atoms with Crippen molar-refractivity contribution in [2.45, 2.75) is 24.4 Å². The van der Waals surface area contributed by atoms with E-state index in [1.54, 1.807) is 19.2 Å². The molecule has 1 fully saturated rings. The molecule has 0 aromatic heterocycles. The summed E-state index contributed by atoms with van der Waals surface area (Å²) in [6.45, 7) is 0. The fraction of sp³-hybridized carbons (Fsp3) is 0.278. The topological polar surface area (TPSA) is 66.8 Å². The second kappa shape index (κ2) is 5.46. The van der Waals surface area contributed by atoms with Crippen molar-refractivity contribution in [2.24, 2.45) is 0 Å². The number of hydrogen-bond donors (Lipinski definition) is 2. The van der Waals surface area contributed by atoms with E-state index in [0.717, 1.165) is 23.3 Å². The molecule has 114 valence electrons. The van der Waals surface area contributed by atoms with Crippen LogP contribution in [0.15, 0.2) is 48.5 Å². The molecule has 0 unspecified atom stereocenters. The second-order valence-electron chi connectivity index (χ2n) is 5.67. The average molecular weight is 298 g/mol. The lowest BCUT2D eigenvalue weighted by atomic mass is 9.63. The van der Waals surface area contributed by atoms with E-state index in [1.165, 1.54) is 12.1 Å². The van der Waals surface area contributed by atoms with Gasteiger partial charge < -0.3 is 14.9 Å². The van der Waals surface area contributed by atoms with Gasteiger partial charge in [0.25, 0.3) is 0 Å². The Morgan fingerprint density at radius 3 is 2.50 bits per heavy atom. The van der Waals surface area contributed by atoms with E-state index in [1.807, 2.05) is 24.3 Å². The molecule has 0 saturated heterocycles. The van der Waals surface area contributed by atoms with Crippen LogP contribution in [0.5, 0.6) is 5.75 Å². The fourth-order valence-corrected chi connectivity index (χ4v) is 3.11. The van der Waals surface area contributed by atoms with Crippen LogP contribution < -0.4 is 4.74 Å². The monoisotopic (exact) mass is 298 g/mol. The smallest absolute Gasteiger partial charge is 0.335 e. The molecule has 1 aliphatic carbocycles. The van der Waals surface area contributed by atoms with Crippen LogP contribution in [0.2, 0.25) is 0 Å². The van der Waals surface area contributed by atoms with Crippen LogP contribution in [0.3, 0.4) is 0 Å². The number of carboxylic acid groups (broad SMARTS) is 1. The van der Waals surface area contributed by atoms with Crippen molar-refractivity contribution in [3.63, 3.8) is 0 Å². The highest BCUT2D eigenvalue weighted by Gasteiger charge is 2.47. The van der Waals surface area contributed by atoms with Gasteiger partial charge in [-0.3, -0.25) is 0 Å². The first-order valence-corrected chi connectivity index (χ1v) is 7.25. The summed E-state index contributed by atoms with van der Waals surface area (Å²) in [6, 6.07) is 14.2. The van der Waals surface area contributed by atoms with E-state index in [-0.39, 0.29) is 11.5 Å². The van der Waals surface area contributed by atoms with Gasteiger partial charge in [-0.1, -0.05) is 24.3 Å². The summed E-state index contributed by atoms with van der Waals surface area (Å²) >= 11 is 0. The number of methoxy groups -OCH3 is 1. The lowest BCUT2D eigenvalue weighted by molar-refractivity contribution is -0.0645. The zero-order valence-electron chi connectivity index (χ0n) is 12.3. The summed E-state index contributed by atoms with van der Waals surface area (Å²) in [7, 11) is 1.62. The third-order valence-electron chi connectivity index (χ3n) is 4.52. The molecule has 1 saturated carbocycles. The van der Waals surface area contributed by atoms with Crippen LogP contribution in [-0.4, -0.2) is 23.3 Å². The normalized spacial score (nSPS) is 23.6. The Hall–Kier alpha value is -2.33. The van der Waals surface area contributed by atoms with Crippen molar-refractivity contribution in [3.05, 3.63) is 65.2 Å². The molecule has 0 radical (unpaired) electrons. The Morgan fingerprint density at radius 2 is 1.95 bits per heavy atom. The third-order valence-corrected chi connectivity index (χ3v) is 4.52. The predicted octanol–water partition coefficient (Wildman–Crippen LogP) is 3.16. The molecule has 0 heterocycles. The number of rotatable bonds is 4. The standard InChI is InChI=1S/C18H18O4/c1-22-15-4-2-3-13(11-15)16-9-10-18(16,21)14-7-5-12(6-8-14)17(19)20/h2-8,11,16,21H,9-10H2,1H3,(H,19,20)/t16-,18-/m0/s1. The van der Waals surface area contributed by atoms with Crippen molar-refractivity contribution >= 4 is 5.97 Å². The molecule has 0 spiro atoms. The average Bonchev–Trinajstić information content (AvgIpc) is 2.53. The van der Waals surface area contributed by atoms with E-state index in [2.05, 4.69) is 0 Å². The SMILES string of the molecule is COc1cccc([C@@H]2CC[C@]2(O)c2ccc(C(=O)O)cc2)c1. The summed E-state index contributed by atoms with van der Waals surface area (Å²) in [5.41, 5.74) is 1.08. The van der Waals surface area contributed by atoms with Crippen LogP contribution >= 0.6 is 0 Å². The van der Waals surface area contributed by atoms with Gasteiger partial charge in [-0.15, -0.1) is 0 Å². The maximum atomic E-state index is 11.0. The van der Waals surface area contributed by atoms with Gasteiger partial charge in [0.2, 0.25) is 0 Å². The van der Waals surface area contributed by atoms with Crippen LogP contribution in [0.4, 0.5) is 0 Å². The Balaban J connectivity index is 1.90. The molecule has 1 aliphatic rings. The Labute approximate surface area is 129 Å². The highest BCUT2D eigenvalue weighted by Crippen LogP contribution is 2.52. The van der Waals surface area contributed by atoms with Crippen LogP contribution in [0.25, 0.3) is 0 Å². The van der Waals surface area contributed by atoms with Gasteiger partial charge in [-0.25, -0.2) is 4.79 Å². The lowest BCUT2D eigenvalue weighted by Crippen LogP contribution is -2.42. The number of aliphatic hydroxyl groups is 1. The summed E-state index contributed by atoms with van der Waals surface area (Å²) in [5, 5.41) is 20.0. The van der Waals surface area contributed by atoms with Crippen molar-refractivity contribution in [1.29, 1.82) is 0 Å². The summed E-state index contributed by atoms with van der Waals surface area (Å²) in [6.07, 6.45) is 1.56. The number of carboxylic acids is 1. The van der Waals surface area contributed by atoms with E-state index in [9.17, 15) is 9.90 Å². The van der Waals surface area contributed by atoms with E-state index >= 15 is 0 Å². The Morgan fingerprint density at radius 1 is 1.23 bits per heavy atom. The molecular formula is C18H18O4. The molecule has 4 nitrogen and oxygen atoms in total. The zero-order valence-corrected chi connectivity index (χ0v) is 12.3. The quantitative estimate of drug-likeness (QED) is 0.910. The van der Waals surface area contributed by atoms with Crippen molar-refractivity contribution < 1.29 is 19.7 Å². The number of carbonyl (C=O) groups is 1. The maximum Gasteiger partial charge on any atom is 0.335 e. The van der Waals surface area contributed by atoms with Gasteiger partial charge in [0, 0.05) is 5.92 Å². The predicted molar refractivity (Wildman–Crippen MR) is 82.3 cm³/mol. The summed E-state index contributed by atoms with van der Waals surface area (Å²) < 4.78 is 5.24. The molecule has 0 bridgehead atoms. The van der Waals surface area contributed by atoms with E-state index < -0.39 is 11.6 Å². The van der Waals surface area contributed by atoms with Gasteiger partial charge in [0.05, 0.1) is 18.3 Å². The van der Waals surface area contributed by atoms with Crippen molar-refractivity contribution in [3.8, 4) is 5.75 Å². The number of ether oxygens (including phenoxy) is 1. The van der Waals surface area contributed by atoms with Gasteiger partial charge >= 0.3 is 5.97 Å². The van der Waals surface area contributed by atoms with Gasteiger partial charge in [-0.05, 0) is 48.2 Å². The van der Waals surface area contributed by atoms with Gasteiger partial charge in [0.15, 0.2) is 0 Å².